The summed E-state index contributed by atoms with van der Waals surface area (Å²) in [5.41, 5.74) is 3.23. The van der Waals surface area contributed by atoms with E-state index in [4.69, 9.17) is 9.15 Å². The van der Waals surface area contributed by atoms with E-state index in [9.17, 15) is 4.79 Å². The molecular weight excluding hydrogens is 474 g/mol. The van der Waals surface area contributed by atoms with E-state index in [1.165, 1.54) is 11.8 Å². The van der Waals surface area contributed by atoms with Crippen molar-refractivity contribution in [2.75, 3.05) is 7.11 Å². The first-order chi connectivity index (χ1) is 17.7. The largest absolute Gasteiger partial charge is 0.496 e. The molecule has 3 aromatic carbocycles. The fourth-order valence-corrected chi connectivity index (χ4v) is 5.02. The first-order valence-corrected chi connectivity index (χ1v) is 12.3. The predicted molar refractivity (Wildman–Crippen MR) is 138 cm³/mol. The van der Waals surface area contributed by atoms with Crippen LogP contribution < -0.4 is 10.3 Å². The standard InChI is InChI=1S/C27H21N5O3S/c1-34-23-14-8-5-11-19(23)15-31-25(33)21-12-6-7-13-22(21)32-26(31)29-30-27(32)36-17-20-16-35-24(28-20)18-9-3-2-4-10-18/h2-14,16H,15,17H2,1H3. The van der Waals surface area contributed by atoms with Crippen LogP contribution >= 0.6 is 11.8 Å². The SMILES string of the molecule is COc1ccccc1Cn1c(=O)c2ccccc2n2c(SCc3coc(-c4ccccc4)n3)nnc12. The van der Waals surface area contributed by atoms with E-state index in [0.717, 1.165) is 22.3 Å². The number of rotatable bonds is 7. The molecule has 0 unspecified atom stereocenters. The first-order valence-electron chi connectivity index (χ1n) is 11.3. The molecule has 0 N–H and O–H groups in total. The number of benzene rings is 3. The molecule has 0 saturated carbocycles. The van der Waals surface area contributed by atoms with Crippen LogP contribution in [0.4, 0.5) is 0 Å². The van der Waals surface area contributed by atoms with Crippen molar-refractivity contribution < 1.29 is 9.15 Å². The Balaban J connectivity index is 1.39. The highest BCUT2D eigenvalue weighted by Crippen LogP contribution is 2.27. The summed E-state index contributed by atoms with van der Waals surface area (Å²) in [6.07, 6.45) is 1.66. The van der Waals surface area contributed by atoms with E-state index in [2.05, 4.69) is 15.2 Å². The summed E-state index contributed by atoms with van der Waals surface area (Å²) in [6.45, 7) is 0.309. The van der Waals surface area contributed by atoms with Crippen LogP contribution in [0.2, 0.25) is 0 Å². The monoisotopic (exact) mass is 495 g/mol. The van der Waals surface area contributed by atoms with Crippen LogP contribution in [0.5, 0.6) is 5.75 Å². The lowest BCUT2D eigenvalue weighted by Crippen LogP contribution is -2.24. The number of para-hydroxylation sites is 2. The van der Waals surface area contributed by atoms with Gasteiger partial charge in [0.15, 0.2) is 5.16 Å². The van der Waals surface area contributed by atoms with Gasteiger partial charge in [0.2, 0.25) is 11.7 Å². The number of methoxy groups -OCH3 is 1. The van der Waals surface area contributed by atoms with Gasteiger partial charge in [-0.25, -0.2) is 4.98 Å². The minimum atomic E-state index is -0.128. The number of fused-ring (bicyclic) bond motifs is 3. The van der Waals surface area contributed by atoms with Crippen LogP contribution in [0.15, 0.2) is 99.5 Å². The Labute approximate surface area is 210 Å². The van der Waals surface area contributed by atoms with E-state index in [0.29, 0.717) is 40.3 Å². The topological polar surface area (TPSA) is 87.5 Å². The van der Waals surface area contributed by atoms with Crippen LogP contribution in [0.1, 0.15) is 11.3 Å². The third kappa shape index (κ3) is 3.93. The van der Waals surface area contributed by atoms with Gasteiger partial charge in [0.1, 0.15) is 12.0 Å². The Hall–Kier alpha value is -4.37. The van der Waals surface area contributed by atoms with Crippen molar-refractivity contribution in [1.82, 2.24) is 24.1 Å². The molecule has 0 aliphatic carbocycles. The Bertz CT molecular complexity index is 1740. The maximum Gasteiger partial charge on any atom is 0.263 e. The van der Waals surface area contributed by atoms with E-state index in [-0.39, 0.29) is 5.56 Å². The third-order valence-corrected chi connectivity index (χ3v) is 6.88. The Morgan fingerprint density at radius 3 is 2.58 bits per heavy atom. The second kappa shape index (κ2) is 9.35. The maximum atomic E-state index is 13.5. The molecule has 8 nitrogen and oxygen atoms in total. The Morgan fingerprint density at radius 2 is 1.72 bits per heavy atom. The number of thioether (sulfide) groups is 1. The lowest BCUT2D eigenvalue weighted by atomic mass is 10.2. The molecule has 0 aliphatic heterocycles. The molecule has 0 radical (unpaired) electrons. The highest BCUT2D eigenvalue weighted by Gasteiger charge is 2.18. The van der Waals surface area contributed by atoms with Crippen LogP contribution in [-0.2, 0) is 12.3 Å². The van der Waals surface area contributed by atoms with Gasteiger partial charge in [0, 0.05) is 16.9 Å². The number of nitrogens with zero attached hydrogens (tertiary/aromatic N) is 5. The number of hydrogen-bond acceptors (Lipinski definition) is 7. The average molecular weight is 496 g/mol. The van der Waals surface area contributed by atoms with Crippen molar-refractivity contribution in [2.45, 2.75) is 17.5 Å². The van der Waals surface area contributed by atoms with Gasteiger partial charge in [-0.15, -0.1) is 10.2 Å². The summed E-state index contributed by atoms with van der Waals surface area (Å²) >= 11 is 1.49. The normalized spacial score (nSPS) is 11.4. The lowest BCUT2D eigenvalue weighted by molar-refractivity contribution is 0.408. The minimum absolute atomic E-state index is 0.128. The van der Waals surface area contributed by atoms with E-state index < -0.39 is 0 Å². The number of aromatic nitrogens is 5. The highest BCUT2D eigenvalue weighted by molar-refractivity contribution is 7.98. The summed E-state index contributed by atoms with van der Waals surface area (Å²) in [5.74, 6) is 2.30. The summed E-state index contributed by atoms with van der Waals surface area (Å²) in [7, 11) is 1.62. The van der Waals surface area contributed by atoms with Crippen LogP contribution in [0.25, 0.3) is 28.1 Å². The molecule has 36 heavy (non-hydrogen) atoms. The molecule has 0 fully saturated rings. The zero-order valence-corrected chi connectivity index (χ0v) is 20.2. The molecule has 0 atom stereocenters. The highest BCUT2D eigenvalue weighted by atomic mass is 32.2. The molecule has 0 saturated heterocycles. The van der Waals surface area contributed by atoms with Crippen LogP contribution in [-0.4, -0.2) is 31.3 Å². The summed E-state index contributed by atoms with van der Waals surface area (Å²) in [5, 5.41) is 10.1. The van der Waals surface area contributed by atoms with Crippen LogP contribution in [0.3, 0.4) is 0 Å². The second-order valence-corrected chi connectivity index (χ2v) is 9.08. The third-order valence-electron chi connectivity index (χ3n) is 5.92. The minimum Gasteiger partial charge on any atom is -0.496 e. The summed E-state index contributed by atoms with van der Waals surface area (Å²) < 4.78 is 14.7. The van der Waals surface area contributed by atoms with E-state index in [1.54, 1.807) is 17.9 Å². The summed E-state index contributed by atoms with van der Waals surface area (Å²) in [4.78, 5) is 18.1. The maximum absolute atomic E-state index is 13.5. The molecule has 0 amide bonds. The van der Waals surface area contributed by atoms with Crippen molar-refractivity contribution >= 4 is 28.4 Å². The molecule has 0 spiro atoms. The average Bonchev–Trinajstić information content (AvgIpc) is 3.58. The van der Waals surface area contributed by atoms with Gasteiger partial charge < -0.3 is 9.15 Å². The van der Waals surface area contributed by atoms with Crippen molar-refractivity contribution in [3.63, 3.8) is 0 Å². The molecule has 6 aromatic rings. The van der Waals surface area contributed by atoms with Gasteiger partial charge in [-0.3, -0.25) is 13.8 Å². The van der Waals surface area contributed by atoms with E-state index in [1.807, 2.05) is 83.3 Å². The van der Waals surface area contributed by atoms with Crippen molar-refractivity contribution in [1.29, 1.82) is 0 Å². The van der Waals surface area contributed by atoms with Gasteiger partial charge in [-0.05, 0) is 30.3 Å². The predicted octanol–water partition coefficient (Wildman–Crippen LogP) is 5.05. The van der Waals surface area contributed by atoms with Gasteiger partial charge in [0.05, 0.1) is 30.3 Å². The van der Waals surface area contributed by atoms with Gasteiger partial charge in [-0.1, -0.05) is 60.3 Å². The Kier molecular flexibility index (Phi) is 5.74. The molecule has 178 valence electrons. The first kappa shape index (κ1) is 22.1. The quantitative estimate of drug-likeness (QED) is 0.287. The molecule has 3 aromatic heterocycles. The van der Waals surface area contributed by atoms with E-state index >= 15 is 0 Å². The number of oxazole rings is 1. The lowest BCUT2D eigenvalue weighted by Gasteiger charge is -2.13. The number of ether oxygens (including phenoxy) is 1. The Morgan fingerprint density at radius 1 is 0.944 bits per heavy atom. The van der Waals surface area contributed by atoms with Crippen molar-refractivity contribution in [3.8, 4) is 17.2 Å². The molecule has 9 heteroatoms. The molecular formula is C27H21N5O3S. The molecule has 6 rings (SSSR count). The fourth-order valence-electron chi connectivity index (χ4n) is 4.20. The number of hydrogen-bond donors (Lipinski definition) is 0. The van der Waals surface area contributed by atoms with Crippen molar-refractivity contribution in [2.24, 2.45) is 0 Å². The van der Waals surface area contributed by atoms with Gasteiger partial charge >= 0.3 is 0 Å². The van der Waals surface area contributed by atoms with Crippen LogP contribution in [0, 0.1) is 0 Å². The van der Waals surface area contributed by atoms with Crippen molar-refractivity contribution in [3.05, 3.63) is 107 Å². The van der Waals surface area contributed by atoms with Gasteiger partial charge in [0.25, 0.3) is 5.56 Å². The summed E-state index contributed by atoms with van der Waals surface area (Å²) in [6, 6.07) is 24.9. The molecule has 0 aliphatic rings. The molecule has 3 heterocycles. The zero-order valence-electron chi connectivity index (χ0n) is 19.4. The smallest absolute Gasteiger partial charge is 0.263 e. The fraction of sp³-hybridized carbons (Fsp3) is 0.111. The zero-order chi connectivity index (χ0) is 24.5. The van der Waals surface area contributed by atoms with Gasteiger partial charge in [-0.2, -0.15) is 0 Å². The molecule has 0 bridgehead atoms. The second-order valence-electron chi connectivity index (χ2n) is 8.14.